The van der Waals surface area contributed by atoms with Gasteiger partial charge in [-0.3, -0.25) is 19.0 Å². The van der Waals surface area contributed by atoms with E-state index in [2.05, 4.69) is 20.9 Å². The third-order valence-corrected chi connectivity index (χ3v) is 5.99. The molecule has 1 aliphatic heterocycles. The topological polar surface area (TPSA) is 92.5 Å². The summed E-state index contributed by atoms with van der Waals surface area (Å²) in [7, 11) is 0. The number of aliphatic hydroxyl groups excluding tert-OH is 1. The number of Topliss-reactive ketones (excluding diaryl/α,β-unsaturated/α-hetero) is 1. The molecule has 27 heavy (non-hydrogen) atoms. The van der Waals surface area contributed by atoms with Gasteiger partial charge in [0.15, 0.2) is 5.78 Å². The standard InChI is InChI=1S/C18H19BrClN3O4/c1-10(24)23-4-2-3-17(26)16(23)5-11(25)8-22-9-21-15-7-13(19)14(20)6-12(15)18(22)27/h6-7,9,16-17,26H,2-5,8H2,1H3/t16-,17+/m1/s1. The van der Waals surface area contributed by atoms with Crippen molar-refractivity contribution >= 4 is 50.1 Å². The number of likely N-dealkylation sites (tertiary alicyclic amines) is 1. The number of hydrogen-bond acceptors (Lipinski definition) is 5. The molecule has 0 aliphatic carbocycles. The molecule has 1 saturated heterocycles. The number of carbonyl (C=O) groups excluding carboxylic acids is 2. The van der Waals surface area contributed by atoms with Gasteiger partial charge in [0.25, 0.3) is 5.56 Å². The Balaban J connectivity index is 1.81. The Morgan fingerprint density at radius 1 is 1.41 bits per heavy atom. The molecule has 0 spiro atoms. The van der Waals surface area contributed by atoms with E-state index in [0.29, 0.717) is 39.8 Å². The predicted octanol–water partition coefficient (Wildman–Crippen LogP) is 2.14. The number of amides is 1. The van der Waals surface area contributed by atoms with Crippen molar-refractivity contribution in [2.75, 3.05) is 6.54 Å². The molecule has 2 heterocycles. The molecule has 1 N–H and O–H groups in total. The molecule has 3 rings (SSSR count). The molecule has 0 radical (unpaired) electrons. The van der Waals surface area contributed by atoms with E-state index in [-0.39, 0.29) is 30.2 Å². The zero-order valence-electron chi connectivity index (χ0n) is 14.7. The number of rotatable bonds is 4. The van der Waals surface area contributed by atoms with Crippen LogP contribution in [0.2, 0.25) is 5.02 Å². The largest absolute Gasteiger partial charge is 0.391 e. The van der Waals surface area contributed by atoms with Crippen LogP contribution < -0.4 is 5.56 Å². The van der Waals surface area contributed by atoms with Crippen LogP contribution >= 0.6 is 27.5 Å². The van der Waals surface area contributed by atoms with Crippen LogP contribution in [-0.2, 0) is 16.1 Å². The maximum atomic E-state index is 12.6. The molecule has 1 aromatic heterocycles. The first-order valence-electron chi connectivity index (χ1n) is 8.59. The molecule has 1 aromatic carbocycles. The second-order valence-corrected chi connectivity index (χ2v) is 7.95. The summed E-state index contributed by atoms with van der Waals surface area (Å²) in [6.45, 7) is 1.77. The molecular weight excluding hydrogens is 438 g/mol. The van der Waals surface area contributed by atoms with Gasteiger partial charge in [-0.15, -0.1) is 0 Å². The number of hydrogen-bond donors (Lipinski definition) is 1. The van der Waals surface area contributed by atoms with E-state index >= 15 is 0 Å². The number of halogens is 2. The lowest BCUT2D eigenvalue weighted by Gasteiger charge is -2.38. The van der Waals surface area contributed by atoms with Crippen molar-refractivity contribution in [2.24, 2.45) is 0 Å². The molecule has 2 atom stereocenters. The molecular formula is C18H19BrClN3O4. The molecule has 144 valence electrons. The quantitative estimate of drug-likeness (QED) is 0.761. The van der Waals surface area contributed by atoms with Gasteiger partial charge in [0.1, 0.15) is 0 Å². The van der Waals surface area contributed by atoms with Crippen LogP contribution in [0.1, 0.15) is 26.2 Å². The lowest BCUT2D eigenvalue weighted by molar-refractivity contribution is -0.138. The van der Waals surface area contributed by atoms with Gasteiger partial charge in [-0.2, -0.15) is 0 Å². The third-order valence-electron chi connectivity index (χ3n) is 4.80. The molecule has 1 aliphatic rings. The Kier molecular flexibility index (Phi) is 5.98. The van der Waals surface area contributed by atoms with Gasteiger partial charge < -0.3 is 10.0 Å². The minimum Gasteiger partial charge on any atom is -0.391 e. The van der Waals surface area contributed by atoms with Crippen molar-refractivity contribution in [1.29, 1.82) is 0 Å². The Morgan fingerprint density at radius 3 is 2.85 bits per heavy atom. The highest BCUT2D eigenvalue weighted by atomic mass is 79.9. The van der Waals surface area contributed by atoms with Crippen molar-refractivity contribution in [2.45, 2.75) is 44.9 Å². The molecule has 2 aromatic rings. The van der Waals surface area contributed by atoms with E-state index in [0.717, 1.165) is 0 Å². The number of aliphatic hydroxyl groups is 1. The zero-order chi connectivity index (χ0) is 19.7. The van der Waals surface area contributed by atoms with Crippen LogP contribution in [0.4, 0.5) is 0 Å². The number of fused-ring (bicyclic) bond motifs is 1. The van der Waals surface area contributed by atoms with E-state index in [1.54, 1.807) is 6.07 Å². The monoisotopic (exact) mass is 455 g/mol. The number of aromatic nitrogens is 2. The van der Waals surface area contributed by atoms with Crippen molar-refractivity contribution in [3.63, 3.8) is 0 Å². The van der Waals surface area contributed by atoms with Crippen LogP contribution in [0.5, 0.6) is 0 Å². The average molecular weight is 457 g/mol. The minimum absolute atomic E-state index is 0.00762. The van der Waals surface area contributed by atoms with Gasteiger partial charge in [0.05, 0.1) is 40.9 Å². The summed E-state index contributed by atoms with van der Waals surface area (Å²) in [6.07, 6.45) is 1.83. The van der Waals surface area contributed by atoms with Crippen LogP contribution in [0.25, 0.3) is 10.9 Å². The highest BCUT2D eigenvalue weighted by molar-refractivity contribution is 9.10. The van der Waals surface area contributed by atoms with Gasteiger partial charge in [-0.25, -0.2) is 4.98 Å². The normalized spacial score (nSPS) is 20.1. The van der Waals surface area contributed by atoms with Gasteiger partial charge in [-0.1, -0.05) is 11.6 Å². The van der Waals surface area contributed by atoms with Gasteiger partial charge in [0.2, 0.25) is 5.91 Å². The second-order valence-electron chi connectivity index (χ2n) is 6.69. The minimum atomic E-state index is -0.741. The second kappa shape index (κ2) is 8.08. The lowest BCUT2D eigenvalue weighted by Crippen LogP contribution is -2.51. The summed E-state index contributed by atoms with van der Waals surface area (Å²) in [5.74, 6) is -0.421. The SMILES string of the molecule is CC(=O)N1CCC[C@H](O)[C@H]1CC(=O)Cn1cnc2cc(Br)c(Cl)cc2c1=O. The van der Waals surface area contributed by atoms with E-state index in [4.69, 9.17) is 11.6 Å². The van der Waals surface area contributed by atoms with E-state index in [1.807, 2.05) is 0 Å². The molecule has 1 fully saturated rings. The first-order valence-corrected chi connectivity index (χ1v) is 9.76. The van der Waals surface area contributed by atoms with E-state index in [1.165, 1.54) is 28.8 Å². The Hall–Kier alpha value is -1.77. The molecule has 1 amide bonds. The maximum absolute atomic E-state index is 12.6. The summed E-state index contributed by atoms with van der Waals surface area (Å²) < 4.78 is 1.86. The molecule has 9 heteroatoms. The first-order chi connectivity index (χ1) is 12.8. The third kappa shape index (κ3) is 4.23. The fourth-order valence-electron chi connectivity index (χ4n) is 3.43. The predicted molar refractivity (Wildman–Crippen MR) is 105 cm³/mol. The summed E-state index contributed by atoms with van der Waals surface area (Å²) in [5, 5.41) is 10.9. The molecule has 0 saturated carbocycles. The highest BCUT2D eigenvalue weighted by Gasteiger charge is 2.33. The first kappa shape index (κ1) is 20.0. The maximum Gasteiger partial charge on any atom is 0.261 e. The van der Waals surface area contributed by atoms with Crippen LogP contribution in [0.15, 0.2) is 27.7 Å². The van der Waals surface area contributed by atoms with Crippen molar-refractivity contribution < 1.29 is 14.7 Å². The lowest BCUT2D eigenvalue weighted by atomic mass is 9.94. The molecule has 7 nitrogen and oxygen atoms in total. The van der Waals surface area contributed by atoms with Crippen molar-refractivity contribution in [1.82, 2.24) is 14.5 Å². The Labute approximate surface area is 169 Å². The van der Waals surface area contributed by atoms with Gasteiger partial charge in [-0.05, 0) is 40.9 Å². The van der Waals surface area contributed by atoms with Crippen molar-refractivity contribution in [3.05, 3.63) is 38.3 Å². The van der Waals surface area contributed by atoms with Crippen LogP contribution in [0.3, 0.4) is 0 Å². The zero-order valence-corrected chi connectivity index (χ0v) is 17.0. The smallest absolute Gasteiger partial charge is 0.261 e. The fraction of sp³-hybridized carbons (Fsp3) is 0.444. The molecule has 0 unspecified atom stereocenters. The van der Waals surface area contributed by atoms with Gasteiger partial charge >= 0.3 is 0 Å². The summed E-state index contributed by atoms with van der Waals surface area (Å²) in [6, 6.07) is 2.60. The van der Waals surface area contributed by atoms with Crippen LogP contribution in [-0.4, -0.2) is 49.9 Å². The van der Waals surface area contributed by atoms with E-state index in [9.17, 15) is 19.5 Å². The summed E-state index contributed by atoms with van der Waals surface area (Å²) >= 11 is 9.34. The highest BCUT2D eigenvalue weighted by Crippen LogP contribution is 2.25. The number of piperidine rings is 1. The average Bonchev–Trinajstić information content (AvgIpc) is 2.61. The number of nitrogens with zero attached hydrogens (tertiary/aromatic N) is 3. The van der Waals surface area contributed by atoms with E-state index < -0.39 is 12.1 Å². The summed E-state index contributed by atoms with van der Waals surface area (Å²) in [5.41, 5.74) is 0.112. The summed E-state index contributed by atoms with van der Waals surface area (Å²) in [4.78, 5) is 42.7. The van der Waals surface area contributed by atoms with Crippen molar-refractivity contribution in [3.8, 4) is 0 Å². The fourth-order valence-corrected chi connectivity index (χ4v) is 3.92. The number of carbonyl (C=O) groups is 2. The van der Waals surface area contributed by atoms with Crippen LogP contribution in [0, 0.1) is 0 Å². The molecule has 0 bridgehead atoms. The Bertz CT molecular complexity index is 962. The Morgan fingerprint density at radius 2 is 2.15 bits per heavy atom. The number of ketones is 1. The number of benzene rings is 1. The van der Waals surface area contributed by atoms with Gasteiger partial charge in [0, 0.05) is 24.4 Å².